The molecule has 36 heavy (non-hydrogen) atoms. The highest BCUT2D eigenvalue weighted by molar-refractivity contribution is 6.12. The summed E-state index contributed by atoms with van der Waals surface area (Å²) < 4.78 is 4.62. The average Bonchev–Trinajstić information content (AvgIpc) is 3.48. The van der Waals surface area contributed by atoms with Crippen molar-refractivity contribution in [3.05, 3.63) is 128 Å². The molecule has 8 aromatic rings. The smallest absolute Gasteiger partial charge is 0.145 e. The van der Waals surface area contributed by atoms with E-state index in [0.717, 1.165) is 22.1 Å². The topological polar surface area (TPSA) is 22.2 Å². The van der Waals surface area contributed by atoms with Crippen LogP contribution in [0.5, 0.6) is 0 Å². The number of imidazole rings is 1. The molecule has 0 N–H and O–H groups in total. The number of hydrogen-bond donors (Lipinski definition) is 0. The number of aromatic nitrogens is 3. The molecule has 3 nitrogen and oxygen atoms in total. The third-order valence-corrected chi connectivity index (χ3v) is 7.31. The highest BCUT2D eigenvalue weighted by Crippen LogP contribution is 2.38. The zero-order valence-corrected chi connectivity index (χ0v) is 19.5. The van der Waals surface area contributed by atoms with Gasteiger partial charge in [-0.15, -0.1) is 0 Å². The van der Waals surface area contributed by atoms with Crippen molar-refractivity contribution in [1.82, 2.24) is 14.0 Å². The highest BCUT2D eigenvalue weighted by atomic mass is 15.0. The van der Waals surface area contributed by atoms with Crippen LogP contribution < -0.4 is 0 Å². The van der Waals surface area contributed by atoms with Gasteiger partial charge in [0.25, 0.3) is 0 Å². The molecule has 3 aromatic heterocycles. The van der Waals surface area contributed by atoms with Gasteiger partial charge < -0.3 is 4.57 Å². The Balaban J connectivity index is 1.49. The van der Waals surface area contributed by atoms with Gasteiger partial charge in [0.2, 0.25) is 0 Å². The Morgan fingerprint density at radius 1 is 0.500 bits per heavy atom. The first kappa shape index (κ1) is 19.4. The molecule has 0 aliphatic carbocycles. The van der Waals surface area contributed by atoms with Crippen LogP contribution in [0.3, 0.4) is 0 Å². The van der Waals surface area contributed by atoms with Crippen LogP contribution in [-0.4, -0.2) is 14.0 Å². The van der Waals surface area contributed by atoms with Crippen LogP contribution in [0.15, 0.2) is 128 Å². The molecule has 0 amide bonds. The average molecular weight is 460 g/mol. The summed E-state index contributed by atoms with van der Waals surface area (Å²) in [6.45, 7) is 0. The third-order valence-electron chi connectivity index (χ3n) is 7.31. The largest absolute Gasteiger partial charge is 0.309 e. The molecule has 0 bridgehead atoms. The van der Waals surface area contributed by atoms with Gasteiger partial charge in [-0.2, -0.15) is 0 Å². The summed E-state index contributed by atoms with van der Waals surface area (Å²) in [6.07, 6.45) is 2.25. The van der Waals surface area contributed by atoms with Crippen molar-refractivity contribution >= 4 is 49.3 Å². The molecule has 0 atom stereocenters. The predicted molar refractivity (Wildman–Crippen MR) is 150 cm³/mol. The fraction of sp³-hybridized carbons (Fsp3) is 0. The molecule has 0 aliphatic rings. The van der Waals surface area contributed by atoms with Crippen LogP contribution in [0, 0.1) is 0 Å². The zero-order chi connectivity index (χ0) is 23.6. The Morgan fingerprint density at radius 3 is 2.03 bits per heavy atom. The lowest BCUT2D eigenvalue weighted by Crippen LogP contribution is -1.94. The fourth-order valence-corrected chi connectivity index (χ4v) is 5.70. The van der Waals surface area contributed by atoms with Gasteiger partial charge in [0, 0.05) is 33.6 Å². The van der Waals surface area contributed by atoms with Crippen molar-refractivity contribution in [2.45, 2.75) is 0 Å². The molecule has 0 fully saturated rings. The summed E-state index contributed by atoms with van der Waals surface area (Å²) in [6, 6.07) is 43.1. The number of para-hydroxylation sites is 4. The minimum absolute atomic E-state index is 0.995. The second-order valence-electron chi connectivity index (χ2n) is 9.30. The van der Waals surface area contributed by atoms with E-state index in [4.69, 9.17) is 4.98 Å². The molecule has 0 spiro atoms. The second kappa shape index (κ2) is 7.30. The molecule has 168 valence electrons. The standard InChI is InChI=1S/C33H21N3/c1-2-10-23(11-3-1)36-30-16-8-6-13-25(30)26-19-18-22(20-32(26)36)28-21-35-31-17-9-7-15-29(31)34-33(35)27-14-5-4-12-24(27)28/h1-21H. The van der Waals surface area contributed by atoms with Crippen molar-refractivity contribution in [3.8, 4) is 16.8 Å². The van der Waals surface area contributed by atoms with E-state index in [1.54, 1.807) is 0 Å². The molecule has 0 saturated carbocycles. The van der Waals surface area contributed by atoms with Crippen LogP contribution in [0.25, 0.3) is 66.1 Å². The Hall–Kier alpha value is -4.89. The van der Waals surface area contributed by atoms with Crippen molar-refractivity contribution < 1.29 is 0 Å². The zero-order valence-electron chi connectivity index (χ0n) is 19.5. The van der Waals surface area contributed by atoms with Gasteiger partial charge in [-0.3, -0.25) is 4.40 Å². The summed E-state index contributed by atoms with van der Waals surface area (Å²) in [5, 5.41) is 4.90. The number of pyridine rings is 1. The Labute approximate surface area is 207 Å². The lowest BCUT2D eigenvalue weighted by atomic mass is 9.99. The summed E-state index contributed by atoms with van der Waals surface area (Å²) in [4.78, 5) is 4.97. The molecular weight excluding hydrogens is 438 g/mol. The normalized spacial score (nSPS) is 11.9. The second-order valence-corrected chi connectivity index (χ2v) is 9.30. The van der Waals surface area contributed by atoms with Gasteiger partial charge in [0.1, 0.15) is 5.65 Å². The minimum Gasteiger partial charge on any atom is -0.309 e. The number of hydrogen-bond acceptors (Lipinski definition) is 1. The van der Waals surface area contributed by atoms with E-state index in [-0.39, 0.29) is 0 Å². The molecule has 0 radical (unpaired) electrons. The molecule has 0 aliphatic heterocycles. The Morgan fingerprint density at radius 2 is 1.17 bits per heavy atom. The molecular formula is C33H21N3. The van der Waals surface area contributed by atoms with E-state index >= 15 is 0 Å². The minimum atomic E-state index is 0.995. The predicted octanol–water partition coefficient (Wildman–Crippen LogP) is 8.40. The lowest BCUT2D eigenvalue weighted by molar-refractivity contribution is 1.18. The van der Waals surface area contributed by atoms with Crippen LogP contribution in [-0.2, 0) is 0 Å². The first-order valence-corrected chi connectivity index (χ1v) is 12.2. The van der Waals surface area contributed by atoms with Crippen molar-refractivity contribution in [3.63, 3.8) is 0 Å². The van der Waals surface area contributed by atoms with E-state index in [1.807, 2.05) is 6.07 Å². The molecule has 3 heteroatoms. The van der Waals surface area contributed by atoms with Gasteiger partial charge in [0.05, 0.1) is 22.1 Å². The van der Waals surface area contributed by atoms with Gasteiger partial charge in [-0.1, -0.05) is 84.9 Å². The van der Waals surface area contributed by atoms with E-state index in [9.17, 15) is 0 Å². The fourth-order valence-electron chi connectivity index (χ4n) is 5.70. The molecule has 5 aromatic carbocycles. The van der Waals surface area contributed by atoms with E-state index in [0.29, 0.717) is 0 Å². The first-order valence-electron chi connectivity index (χ1n) is 12.2. The van der Waals surface area contributed by atoms with Crippen LogP contribution in [0.2, 0.25) is 0 Å². The molecule has 0 saturated heterocycles. The lowest BCUT2D eigenvalue weighted by Gasteiger charge is -2.12. The maximum absolute atomic E-state index is 4.97. The maximum Gasteiger partial charge on any atom is 0.145 e. The van der Waals surface area contributed by atoms with Crippen LogP contribution in [0.4, 0.5) is 0 Å². The van der Waals surface area contributed by atoms with E-state index in [2.05, 4.69) is 130 Å². The number of rotatable bonds is 2. The summed E-state index contributed by atoms with van der Waals surface area (Å²) >= 11 is 0. The summed E-state index contributed by atoms with van der Waals surface area (Å²) in [5.74, 6) is 0. The van der Waals surface area contributed by atoms with Crippen molar-refractivity contribution in [2.24, 2.45) is 0 Å². The molecule has 8 rings (SSSR count). The Kier molecular flexibility index (Phi) is 3.94. The number of benzene rings is 5. The van der Waals surface area contributed by atoms with Gasteiger partial charge in [-0.05, 0) is 47.3 Å². The summed E-state index contributed by atoms with van der Waals surface area (Å²) in [5.41, 5.74) is 9.12. The van der Waals surface area contributed by atoms with Crippen LogP contribution in [0.1, 0.15) is 0 Å². The number of nitrogens with zero attached hydrogens (tertiary/aromatic N) is 3. The summed E-state index contributed by atoms with van der Waals surface area (Å²) in [7, 11) is 0. The molecule has 0 unspecified atom stereocenters. The van der Waals surface area contributed by atoms with E-state index < -0.39 is 0 Å². The first-order chi connectivity index (χ1) is 17.9. The monoisotopic (exact) mass is 459 g/mol. The maximum atomic E-state index is 4.97. The number of fused-ring (bicyclic) bond motifs is 8. The van der Waals surface area contributed by atoms with E-state index in [1.165, 1.54) is 44.0 Å². The van der Waals surface area contributed by atoms with Gasteiger partial charge in [-0.25, -0.2) is 4.98 Å². The quantitative estimate of drug-likeness (QED) is 0.254. The van der Waals surface area contributed by atoms with Crippen LogP contribution >= 0.6 is 0 Å². The van der Waals surface area contributed by atoms with Gasteiger partial charge >= 0.3 is 0 Å². The van der Waals surface area contributed by atoms with Crippen molar-refractivity contribution in [2.75, 3.05) is 0 Å². The SMILES string of the molecule is c1ccc(-n2c3ccccc3c3ccc(-c4cn5c6ccccc6nc5c5ccccc45)cc32)cc1. The van der Waals surface area contributed by atoms with Gasteiger partial charge in [0.15, 0.2) is 0 Å². The highest BCUT2D eigenvalue weighted by Gasteiger charge is 2.16. The Bertz CT molecular complexity index is 2100. The van der Waals surface area contributed by atoms with Crippen molar-refractivity contribution in [1.29, 1.82) is 0 Å². The third kappa shape index (κ3) is 2.65. The molecule has 3 heterocycles.